The first kappa shape index (κ1) is 17.9. The largest absolute Gasteiger partial charge is 0.493 e. The highest BCUT2D eigenvalue weighted by Crippen LogP contribution is 2.32. The van der Waals surface area contributed by atoms with E-state index in [1.807, 2.05) is 13.8 Å². The van der Waals surface area contributed by atoms with E-state index in [9.17, 15) is 9.59 Å². The van der Waals surface area contributed by atoms with Crippen LogP contribution in [-0.2, 0) is 4.79 Å². The lowest BCUT2D eigenvalue weighted by molar-refractivity contribution is -0.118. The zero-order valence-electron chi connectivity index (χ0n) is 13.6. The number of carbonyl (C=O) groups is 2. The Balaban J connectivity index is 2.15. The number of halogens is 1. The number of furan rings is 1. The zero-order valence-corrected chi connectivity index (χ0v) is 14.4. The van der Waals surface area contributed by atoms with Crippen molar-refractivity contribution in [3.8, 4) is 5.75 Å². The van der Waals surface area contributed by atoms with Crippen molar-refractivity contribution < 1.29 is 18.7 Å². The predicted octanol–water partition coefficient (Wildman–Crippen LogP) is 3.33. The SMILES string of the molecule is COc1c(Cl)cccc1NC(=O)C(NC(=O)c1ccco1)C(C)C. The Labute approximate surface area is 145 Å². The van der Waals surface area contributed by atoms with Crippen LogP contribution in [0.15, 0.2) is 41.0 Å². The van der Waals surface area contributed by atoms with Crippen LogP contribution in [0.1, 0.15) is 24.4 Å². The summed E-state index contributed by atoms with van der Waals surface area (Å²) in [4.78, 5) is 24.7. The maximum absolute atomic E-state index is 12.6. The van der Waals surface area contributed by atoms with Crippen LogP contribution >= 0.6 is 11.6 Å². The van der Waals surface area contributed by atoms with Gasteiger partial charge in [0.15, 0.2) is 11.5 Å². The van der Waals surface area contributed by atoms with Gasteiger partial charge in [0, 0.05) is 0 Å². The average Bonchev–Trinajstić information content (AvgIpc) is 3.06. The summed E-state index contributed by atoms with van der Waals surface area (Å²) in [6.07, 6.45) is 1.40. The molecule has 0 radical (unpaired) electrons. The molecule has 0 aliphatic carbocycles. The van der Waals surface area contributed by atoms with Crippen molar-refractivity contribution in [2.45, 2.75) is 19.9 Å². The fraction of sp³-hybridized carbons (Fsp3) is 0.294. The number of methoxy groups -OCH3 is 1. The highest BCUT2D eigenvalue weighted by atomic mass is 35.5. The maximum Gasteiger partial charge on any atom is 0.287 e. The van der Waals surface area contributed by atoms with Crippen LogP contribution in [0.25, 0.3) is 0 Å². The molecule has 1 atom stereocenters. The molecule has 128 valence electrons. The molecule has 0 fully saturated rings. The predicted molar refractivity (Wildman–Crippen MR) is 91.4 cm³/mol. The lowest BCUT2D eigenvalue weighted by Gasteiger charge is -2.22. The van der Waals surface area contributed by atoms with Crippen molar-refractivity contribution in [2.75, 3.05) is 12.4 Å². The van der Waals surface area contributed by atoms with Gasteiger partial charge < -0.3 is 19.8 Å². The van der Waals surface area contributed by atoms with E-state index in [2.05, 4.69) is 10.6 Å². The maximum atomic E-state index is 12.6. The number of hydrogen-bond acceptors (Lipinski definition) is 4. The molecule has 0 aliphatic rings. The van der Waals surface area contributed by atoms with Gasteiger partial charge in [0.05, 0.1) is 24.1 Å². The topological polar surface area (TPSA) is 80.6 Å². The van der Waals surface area contributed by atoms with E-state index >= 15 is 0 Å². The van der Waals surface area contributed by atoms with Crippen LogP contribution in [0, 0.1) is 5.92 Å². The molecule has 2 amide bonds. The third kappa shape index (κ3) is 4.08. The Morgan fingerprint density at radius 3 is 2.54 bits per heavy atom. The number of anilines is 1. The Morgan fingerprint density at radius 1 is 1.21 bits per heavy atom. The van der Waals surface area contributed by atoms with Crippen LogP contribution in [0.4, 0.5) is 5.69 Å². The third-order valence-corrected chi connectivity index (χ3v) is 3.71. The van der Waals surface area contributed by atoms with Crippen LogP contribution < -0.4 is 15.4 Å². The number of hydrogen-bond donors (Lipinski definition) is 2. The highest BCUT2D eigenvalue weighted by Gasteiger charge is 2.26. The van der Waals surface area contributed by atoms with Gasteiger partial charge in [-0.15, -0.1) is 0 Å². The lowest BCUT2D eigenvalue weighted by atomic mass is 10.0. The second-order valence-electron chi connectivity index (χ2n) is 5.48. The van der Waals surface area contributed by atoms with E-state index in [4.69, 9.17) is 20.8 Å². The summed E-state index contributed by atoms with van der Waals surface area (Å²) in [5.41, 5.74) is 0.438. The quantitative estimate of drug-likeness (QED) is 0.837. The molecule has 1 aromatic carbocycles. The molecule has 2 N–H and O–H groups in total. The zero-order chi connectivity index (χ0) is 17.7. The van der Waals surface area contributed by atoms with E-state index in [0.717, 1.165) is 0 Å². The van der Waals surface area contributed by atoms with Gasteiger partial charge in [-0.1, -0.05) is 31.5 Å². The molecule has 24 heavy (non-hydrogen) atoms. The van der Waals surface area contributed by atoms with Gasteiger partial charge >= 0.3 is 0 Å². The van der Waals surface area contributed by atoms with Crippen molar-refractivity contribution in [2.24, 2.45) is 5.92 Å². The van der Waals surface area contributed by atoms with Crippen LogP contribution in [0.3, 0.4) is 0 Å². The molecule has 6 nitrogen and oxygen atoms in total. The van der Waals surface area contributed by atoms with Gasteiger partial charge in [0.25, 0.3) is 5.91 Å². The fourth-order valence-corrected chi connectivity index (χ4v) is 2.43. The number of rotatable bonds is 6. The molecular formula is C17H19ClN2O4. The molecule has 0 aliphatic heterocycles. The van der Waals surface area contributed by atoms with Gasteiger partial charge in [0.1, 0.15) is 6.04 Å². The van der Waals surface area contributed by atoms with E-state index in [0.29, 0.717) is 16.5 Å². The number of carbonyl (C=O) groups excluding carboxylic acids is 2. The number of benzene rings is 1. The summed E-state index contributed by atoms with van der Waals surface area (Å²) in [6, 6.07) is 7.43. The molecule has 7 heteroatoms. The molecule has 1 aromatic heterocycles. The summed E-state index contributed by atoms with van der Waals surface area (Å²) in [7, 11) is 1.47. The van der Waals surface area contributed by atoms with Crippen LogP contribution in [0.2, 0.25) is 5.02 Å². The standard InChI is InChI=1S/C17H19ClN2O4/c1-10(2)14(20-16(21)13-8-5-9-24-13)17(22)19-12-7-4-6-11(18)15(12)23-3/h4-10,14H,1-3H3,(H,19,22)(H,20,21). The Hall–Kier alpha value is -2.47. The Kier molecular flexibility index (Phi) is 5.87. The first-order chi connectivity index (χ1) is 11.4. The molecule has 0 saturated carbocycles. The summed E-state index contributed by atoms with van der Waals surface area (Å²) < 4.78 is 10.3. The molecule has 1 heterocycles. The number of amides is 2. The van der Waals surface area contributed by atoms with Crippen LogP contribution in [-0.4, -0.2) is 25.0 Å². The Morgan fingerprint density at radius 2 is 1.96 bits per heavy atom. The van der Waals surface area contributed by atoms with Crippen LogP contribution in [0.5, 0.6) is 5.75 Å². The van der Waals surface area contributed by atoms with Gasteiger partial charge in [0.2, 0.25) is 5.91 Å². The van der Waals surface area contributed by atoms with Crippen molar-refractivity contribution in [1.82, 2.24) is 5.32 Å². The van der Waals surface area contributed by atoms with Gasteiger partial charge in [-0.05, 0) is 30.2 Å². The molecule has 1 unspecified atom stereocenters. The van der Waals surface area contributed by atoms with Crippen molar-refractivity contribution in [3.05, 3.63) is 47.4 Å². The molecule has 0 spiro atoms. The van der Waals surface area contributed by atoms with E-state index in [1.165, 1.54) is 19.4 Å². The molecule has 0 saturated heterocycles. The number of para-hydroxylation sites is 1. The van der Waals surface area contributed by atoms with E-state index in [-0.39, 0.29) is 17.6 Å². The van der Waals surface area contributed by atoms with Gasteiger partial charge in [-0.3, -0.25) is 9.59 Å². The van der Waals surface area contributed by atoms with Crippen molar-refractivity contribution in [1.29, 1.82) is 0 Å². The summed E-state index contributed by atoms with van der Waals surface area (Å²) in [6.45, 7) is 3.67. The summed E-state index contributed by atoms with van der Waals surface area (Å²) in [5, 5.41) is 5.80. The minimum Gasteiger partial charge on any atom is -0.493 e. The molecular weight excluding hydrogens is 332 g/mol. The summed E-state index contributed by atoms with van der Waals surface area (Å²) >= 11 is 6.05. The first-order valence-electron chi connectivity index (χ1n) is 7.41. The van der Waals surface area contributed by atoms with E-state index in [1.54, 1.807) is 24.3 Å². The summed E-state index contributed by atoms with van der Waals surface area (Å²) in [5.74, 6) is -0.437. The fourth-order valence-electron chi connectivity index (χ4n) is 2.18. The molecule has 2 aromatic rings. The van der Waals surface area contributed by atoms with Crippen molar-refractivity contribution in [3.63, 3.8) is 0 Å². The monoisotopic (exact) mass is 350 g/mol. The van der Waals surface area contributed by atoms with Gasteiger partial charge in [-0.2, -0.15) is 0 Å². The minimum absolute atomic E-state index is 0.130. The average molecular weight is 351 g/mol. The molecule has 0 bridgehead atoms. The first-order valence-corrected chi connectivity index (χ1v) is 7.79. The lowest BCUT2D eigenvalue weighted by Crippen LogP contribution is -2.47. The Bertz CT molecular complexity index is 713. The van der Waals surface area contributed by atoms with Crippen molar-refractivity contribution >= 4 is 29.1 Å². The smallest absolute Gasteiger partial charge is 0.287 e. The minimum atomic E-state index is -0.744. The number of nitrogens with one attached hydrogen (secondary N) is 2. The highest BCUT2D eigenvalue weighted by molar-refractivity contribution is 6.32. The second kappa shape index (κ2) is 7.88. The normalized spacial score (nSPS) is 11.9. The molecule has 2 rings (SSSR count). The number of ether oxygens (including phenoxy) is 1. The van der Waals surface area contributed by atoms with Gasteiger partial charge in [-0.25, -0.2) is 0 Å². The second-order valence-corrected chi connectivity index (χ2v) is 5.89. The third-order valence-electron chi connectivity index (χ3n) is 3.41. The van der Waals surface area contributed by atoms with E-state index < -0.39 is 11.9 Å².